The molecular weight excluding hydrogens is 179 g/mol. The summed E-state index contributed by atoms with van der Waals surface area (Å²) in [7, 11) is -1.91. The van der Waals surface area contributed by atoms with Gasteiger partial charge in [-0.15, -0.1) is 0 Å². The van der Waals surface area contributed by atoms with Gasteiger partial charge in [0.05, 0.1) is 38.2 Å². The van der Waals surface area contributed by atoms with Gasteiger partial charge in [-0.25, -0.2) is 0 Å². The minimum Gasteiger partial charge on any atom is -0.328 e. The van der Waals surface area contributed by atoms with Crippen molar-refractivity contribution >= 4 is 8.60 Å². The molecule has 0 aliphatic carbocycles. The van der Waals surface area contributed by atoms with Gasteiger partial charge in [0, 0.05) is 0 Å². The highest BCUT2D eigenvalue weighted by atomic mass is 31.2. The van der Waals surface area contributed by atoms with Gasteiger partial charge in [0.2, 0.25) is 0 Å². The number of nitrogens with zero attached hydrogens (tertiary/aromatic N) is 2. The van der Waals surface area contributed by atoms with Crippen LogP contribution in [0, 0.1) is 22.7 Å². The van der Waals surface area contributed by atoms with Crippen LogP contribution in [0.1, 0.15) is 12.8 Å². The summed E-state index contributed by atoms with van der Waals surface area (Å²) < 4.78 is 9.39. The molecule has 0 saturated heterocycles. The second-order valence-corrected chi connectivity index (χ2v) is 2.71. The van der Waals surface area contributed by atoms with Gasteiger partial charge >= 0.3 is 8.60 Å². The lowest BCUT2D eigenvalue weighted by atomic mass is 10.5. The van der Waals surface area contributed by atoms with E-state index in [1.807, 2.05) is 12.1 Å². The Kier molecular flexibility index (Phi) is 7.89. The molecule has 5 nitrogen and oxygen atoms in total. The van der Waals surface area contributed by atoms with Gasteiger partial charge in [0.25, 0.3) is 0 Å². The van der Waals surface area contributed by atoms with E-state index in [-0.39, 0.29) is 26.1 Å². The Morgan fingerprint density at radius 3 is 1.83 bits per heavy atom. The molecule has 0 aliphatic rings. The Morgan fingerprint density at radius 1 is 1.08 bits per heavy atom. The first-order valence-corrected chi connectivity index (χ1v) is 4.43. The van der Waals surface area contributed by atoms with Gasteiger partial charge < -0.3 is 13.9 Å². The van der Waals surface area contributed by atoms with Crippen LogP contribution in [0.5, 0.6) is 0 Å². The third-order valence-corrected chi connectivity index (χ3v) is 1.64. The molecule has 0 heterocycles. The topological polar surface area (TPSA) is 86.3 Å². The summed E-state index contributed by atoms with van der Waals surface area (Å²) in [5, 5.41) is 16.2. The zero-order valence-corrected chi connectivity index (χ0v) is 7.33. The monoisotopic (exact) mass is 188 g/mol. The van der Waals surface area contributed by atoms with E-state index in [1.54, 1.807) is 0 Å². The Labute approximate surface area is 72.1 Å². The maximum atomic E-state index is 8.90. The summed E-state index contributed by atoms with van der Waals surface area (Å²) in [5.74, 6) is 0. The molecule has 66 valence electrons. The Morgan fingerprint density at radius 2 is 1.50 bits per heavy atom. The van der Waals surface area contributed by atoms with Gasteiger partial charge in [-0.1, -0.05) is 0 Å². The van der Waals surface area contributed by atoms with Crippen LogP contribution in [0.4, 0.5) is 0 Å². The minimum atomic E-state index is -1.91. The van der Waals surface area contributed by atoms with E-state index < -0.39 is 8.60 Å². The number of nitriles is 2. The van der Waals surface area contributed by atoms with E-state index in [0.717, 1.165) is 0 Å². The van der Waals surface area contributed by atoms with E-state index in [0.29, 0.717) is 0 Å². The lowest BCUT2D eigenvalue weighted by Gasteiger charge is -2.07. The van der Waals surface area contributed by atoms with Crippen LogP contribution in [0.2, 0.25) is 0 Å². The number of rotatable bonds is 6. The minimum absolute atomic E-state index is 0.158. The lowest BCUT2D eigenvalue weighted by Crippen LogP contribution is -1.93. The molecule has 0 saturated carbocycles. The Hall–Kier alpha value is -0.710. The fraction of sp³-hybridized carbons (Fsp3) is 0.667. The van der Waals surface area contributed by atoms with Gasteiger partial charge in [0.1, 0.15) is 0 Å². The molecule has 0 atom stereocenters. The van der Waals surface area contributed by atoms with Crippen molar-refractivity contribution in [3.8, 4) is 12.1 Å². The van der Waals surface area contributed by atoms with Crippen molar-refractivity contribution in [3.63, 3.8) is 0 Å². The highest BCUT2D eigenvalue weighted by Gasteiger charge is 2.04. The van der Waals surface area contributed by atoms with Crippen molar-refractivity contribution in [1.29, 1.82) is 10.5 Å². The molecule has 0 rings (SSSR count). The zero-order valence-electron chi connectivity index (χ0n) is 6.43. The van der Waals surface area contributed by atoms with E-state index in [4.69, 9.17) is 24.5 Å². The quantitative estimate of drug-likeness (QED) is 0.497. The maximum absolute atomic E-state index is 8.90. The van der Waals surface area contributed by atoms with Crippen LogP contribution >= 0.6 is 8.60 Å². The fourth-order valence-corrected chi connectivity index (χ4v) is 0.946. The average Bonchev–Trinajstić information content (AvgIpc) is 2.06. The van der Waals surface area contributed by atoms with Gasteiger partial charge in [-0.2, -0.15) is 10.5 Å². The smallest absolute Gasteiger partial charge is 0.328 e. The van der Waals surface area contributed by atoms with Crippen molar-refractivity contribution in [2.45, 2.75) is 12.8 Å². The molecule has 0 aromatic heterocycles. The highest BCUT2D eigenvalue weighted by Crippen LogP contribution is 2.32. The summed E-state index contributed by atoms with van der Waals surface area (Å²) in [6, 6.07) is 3.71. The first kappa shape index (κ1) is 11.3. The molecule has 0 aromatic rings. The second-order valence-electron chi connectivity index (χ2n) is 1.72. The molecule has 6 heteroatoms. The molecule has 0 aromatic carbocycles. The first-order valence-electron chi connectivity index (χ1n) is 3.30. The molecule has 0 fully saturated rings. The summed E-state index contributed by atoms with van der Waals surface area (Å²) in [6.07, 6.45) is 0.446. The largest absolute Gasteiger partial charge is 0.329 e. The van der Waals surface area contributed by atoms with Crippen LogP contribution in [-0.2, 0) is 9.05 Å². The standard InChI is InChI=1S/C6H9N2O3P/c7-3-1-5-10-12(9)11-6-2-4-8/h9H,1-2,5-6H2. The number of hydrogen-bond donors (Lipinski definition) is 1. The van der Waals surface area contributed by atoms with Crippen molar-refractivity contribution in [1.82, 2.24) is 0 Å². The lowest BCUT2D eigenvalue weighted by molar-refractivity contribution is 0.206. The summed E-state index contributed by atoms with van der Waals surface area (Å²) in [6.45, 7) is 0.316. The third kappa shape index (κ3) is 7.40. The molecule has 12 heavy (non-hydrogen) atoms. The zero-order chi connectivity index (χ0) is 9.23. The first-order chi connectivity index (χ1) is 5.81. The molecule has 0 unspecified atom stereocenters. The maximum Gasteiger partial charge on any atom is 0.329 e. The van der Waals surface area contributed by atoms with Crippen LogP contribution in [0.3, 0.4) is 0 Å². The Balaban J connectivity index is 3.18. The highest BCUT2D eigenvalue weighted by molar-refractivity contribution is 7.40. The average molecular weight is 188 g/mol. The van der Waals surface area contributed by atoms with Gasteiger partial charge in [-0.05, 0) is 0 Å². The number of hydrogen-bond acceptors (Lipinski definition) is 5. The molecule has 0 bridgehead atoms. The predicted molar refractivity (Wildman–Crippen MR) is 41.5 cm³/mol. The molecule has 0 amide bonds. The van der Waals surface area contributed by atoms with Crippen LogP contribution in [0.15, 0.2) is 0 Å². The Bertz CT molecular complexity index is 166. The summed E-state index contributed by atoms with van der Waals surface area (Å²) in [5.41, 5.74) is 0. The van der Waals surface area contributed by atoms with Crippen molar-refractivity contribution in [2.75, 3.05) is 13.2 Å². The molecular formula is C6H9N2O3P. The van der Waals surface area contributed by atoms with E-state index in [9.17, 15) is 0 Å². The second kappa shape index (κ2) is 8.39. The van der Waals surface area contributed by atoms with Crippen LogP contribution < -0.4 is 0 Å². The third-order valence-electron chi connectivity index (χ3n) is 0.831. The van der Waals surface area contributed by atoms with Gasteiger partial charge in [-0.3, -0.25) is 0 Å². The van der Waals surface area contributed by atoms with E-state index in [2.05, 4.69) is 0 Å². The van der Waals surface area contributed by atoms with Crippen molar-refractivity contribution in [3.05, 3.63) is 0 Å². The fourth-order valence-electron chi connectivity index (χ4n) is 0.376. The predicted octanol–water partition coefficient (Wildman–Crippen LogP) is 1.07. The normalized spacial score (nSPS) is 9.33. The summed E-state index contributed by atoms with van der Waals surface area (Å²) in [4.78, 5) is 8.90. The van der Waals surface area contributed by atoms with Crippen LogP contribution in [0.25, 0.3) is 0 Å². The molecule has 0 aliphatic heterocycles. The molecule has 0 spiro atoms. The van der Waals surface area contributed by atoms with Crippen molar-refractivity contribution in [2.24, 2.45) is 0 Å². The van der Waals surface area contributed by atoms with Gasteiger partial charge in [0.15, 0.2) is 0 Å². The van der Waals surface area contributed by atoms with Crippen LogP contribution in [-0.4, -0.2) is 18.1 Å². The molecule has 0 radical (unpaired) electrons. The molecule has 1 N–H and O–H groups in total. The summed E-state index contributed by atoms with van der Waals surface area (Å²) >= 11 is 0. The van der Waals surface area contributed by atoms with Crippen molar-refractivity contribution < 1.29 is 13.9 Å². The van der Waals surface area contributed by atoms with E-state index in [1.165, 1.54) is 0 Å². The van der Waals surface area contributed by atoms with E-state index >= 15 is 0 Å². The SMILES string of the molecule is N#CCCOP(O)OCCC#N.